The zero-order chi connectivity index (χ0) is 14.8. The van der Waals surface area contributed by atoms with Crippen LogP contribution in [0.25, 0.3) is 0 Å². The molecule has 0 radical (unpaired) electrons. The first kappa shape index (κ1) is 14.4. The van der Waals surface area contributed by atoms with Gasteiger partial charge < -0.3 is 14.2 Å². The Balaban J connectivity index is 1.78. The van der Waals surface area contributed by atoms with E-state index in [1.54, 1.807) is 32.4 Å². The van der Waals surface area contributed by atoms with Crippen molar-refractivity contribution >= 4 is 5.78 Å². The molecule has 0 aliphatic carbocycles. The summed E-state index contributed by atoms with van der Waals surface area (Å²) < 4.78 is 16.2. The van der Waals surface area contributed by atoms with E-state index in [-0.39, 0.29) is 5.78 Å². The molecule has 2 fully saturated rings. The maximum atomic E-state index is 12.7. The Morgan fingerprint density at radius 3 is 2.62 bits per heavy atom. The zero-order valence-electron chi connectivity index (χ0n) is 12.5. The number of carbonyl (C=O) groups is 1. The van der Waals surface area contributed by atoms with Gasteiger partial charge in [0, 0.05) is 24.2 Å². The van der Waals surface area contributed by atoms with E-state index < -0.39 is 6.10 Å². The maximum Gasteiger partial charge on any atom is 0.193 e. The largest absolute Gasteiger partial charge is 0.497 e. The van der Waals surface area contributed by atoms with Crippen LogP contribution in [0, 0.1) is 0 Å². The lowest BCUT2D eigenvalue weighted by Gasteiger charge is -2.34. The smallest absolute Gasteiger partial charge is 0.193 e. The van der Waals surface area contributed by atoms with Crippen LogP contribution in [0.4, 0.5) is 0 Å². The lowest BCUT2D eigenvalue weighted by molar-refractivity contribution is -0.0344. The molecule has 0 aromatic heterocycles. The molecule has 0 spiro atoms. The number of benzene rings is 1. The molecular weight excluding hydrogens is 270 g/mol. The second-order valence-electron chi connectivity index (χ2n) is 5.58. The highest BCUT2D eigenvalue weighted by molar-refractivity contribution is 6.00. The van der Waals surface area contributed by atoms with Gasteiger partial charge in [0.2, 0.25) is 0 Å². The summed E-state index contributed by atoms with van der Waals surface area (Å²) >= 11 is 0. The summed E-state index contributed by atoms with van der Waals surface area (Å²) in [4.78, 5) is 15.0. The molecule has 1 aromatic rings. The molecule has 0 amide bonds. The Bertz CT molecular complexity index is 509. The number of morpholine rings is 1. The molecule has 2 aliphatic rings. The van der Waals surface area contributed by atoms with Gasteiger partial charge in [0.15, 0.2) is 5.78 Å². The third-order valence-corrected chi connectivity index (χ3v) is 4.32. The molecule has 3 rings (SSSR count). The number of methoxy groups -OCH3 is 2. The first-order valence-corrected chi connectivity index (χ1v) is 7.34. The molecule has 5 heteroatoms. The average Bonchev–Trinajstić information content (AvgIpc) is 3.01. The molecule has 0 saturated carbocycles. The highest BCUT2D eigenvalue weighted by Crippen LogP contribution is 2.27. The second kappa shape index (κ2) is 6.03. The molecule has 21 heavy (non-hydrogen) atoms. The van der Waals surface area contributed by atoms with Crippen LogP contribution in [0.15, 0.2) is 18.2 Å². The number of nitrogens with zero attached hydrogens (tertiary/aromatic N) is 1. The van der Waals surface area contributed by atoms with Gasteiger partial charge in [-0.05, 0) is 31.5 Å². The molecule has 0 N–H and O–H groups in total. The van der Waals surface area contributed by atoms with Crippen molar-refractivity contribution in [2.45, 2.75) is 25.0 Å². The molecule has 0 bridgehead atoms. The van der Waals surface area contributed by atoms with Crippen molar-refractivity contribution in [2.24, 2.45) is 0 Å². The summed E-state index contributed by atoms with van der Waals surface area (Å²) in [6.07, 6.45) is 1.98. The summed E-state index contributed by atoms with van der Waals surface area (Å²) in [7, 11) is 3.16. The Hall–Kier alpha value is -1.59. The third-order valence-electron chi connectivity index (χ3n) is 4.32. The van der Waals surface area contributed by atoms with Crippen molar-refractivity contribution in [3.63, 3.8) is 0 Å². The fourth-order valence-corrected chi connectivity index (χ4v) is 3.11. The van der Waals surface area contributed by atoms with Gasteiger partial charge >= 0.3 is 0 Å². The zero-order valence-corrected chi connectivity index (χ0v) is 12.5. The third kappa shape index (κ3) is 2.89. The molecule has 2 atom stereocenters. The fraction of sp³-hybridized carbons (Fsp3) is 0.562. The second-order valence-corrected chi connectivity index (χ2v) is 5.58. The summed E-state index contributed by atoms with van der Waals surface area (Å²) in [5.74, 6) is 1.23. The Morgan fingerprint density at radius 2 is 1.95 bits per heavy atom. The fourth-order valence-electron chi connectivity index (χ4n) is 3.11. The van der Waals surface area contributed by atoms with Crippen molar-refractivity contribution in [1.82, 2.24) is 4.90 Å². The van der Waals surface area contributed by atoms with Crippen molar-refractivity contribution in [3.05, 3.63) is 23.8 Å². The monoisotopic (exact) mass is 291 g/mol. The minimum absolute atomic E-state index is 0.00227. The minimum Gasteiger partial charge on any atom is -0.497 e. The number of ether oxygens (including phenoxy) is 3. The van der Waals surface area contributed by atoms with Gasteiger partial charge in [-0.1, -0.05) is 0 Å². The molecule has 2 aliphatic heterocycles. The van der Waals surface area contributed by atoms with Crippen molar-refractivity contribution in [1.29, 1.82) is 0 Å². The number of hydrogen-bond donors (Lipinski definition) is 0. The Labute approximate surface area is 124 Å². The van der Waals surface area contributed by atoms with Crippen LogP contribution in [0.5, 0.6) is 11.5 Å². The van der Waals surface area contributed by atoms with Crippen LogP contribution < -0.4 is 9.47 Å². The summed E-state index contributed by atoms with van der Waals surface area (Å²) in [5.41, 5.74) is 0.578. The van der Waals surface area contributed by atoms with E-state index in [2.05, 4.69) is 4.90 Å². The molecule has 114 valence electrons. The molecule has 5 nitrogen and oxygen atoms in total. The van der Waals surface area contributed by atoms with E-state index in [0.29, 0.717) is 36.3 Å². The lowest BCUT2D eigenvalue weighted by atomic mass is 10.0. The molecule has 1 aromatic carbocycles. The number of hydrogen-bond acceptors (Lipinski definition) is 5. The molecule has 2 saturated heterocycles. The van der Waals surface area contributed by atoms with E-state index in [0.717, 1.165) is 6.54 Å². The molecular formula is C16H21NO4. The van der Waals surface area contributed by atoms with Gasteiger partial charge in [-0.15, -0.1) is 0 Å². The van der Waals surface area contributed by atoms with Crippen molar-refractivity contribution in [3.8, 4) is 11.5 Å². The first-order chi connectivity index (χ1) is 10.2. The van der Waals surface area contributed by atoms with Gasteiger partial charge in [-0.3, -0.25) is 9.69 Å². The van der Waals surface area contributed by atoms with Gasteiger partial charge in [-0.2, -0.15) is 0 Å². The quantitative estimate of drug-likeness (QED) is 0.791. The van der Waals surface area contributed by atoms with Crippen LogP contribution >= 0.6 is 0 Å². The van der Waals surface area contributed by atoms with Crippen molar-refractivity contribution in [2.75, 3.05) is 33.9 Å². The van der Waals surface area contributed by atoms with E-state index in [1.165, 1.54) is 12.8 Å². The topological polar surface area (TPSA) is 48.0 Å². The van der Waals surface area contributed by atoms with Gasteiger partial charge in [0.25, 0.3) is 0 Å². The van der Waals surface area contributed by atoms with Gasteiger partial charge in [0.05, 0.1) is 20.8 Å². The molecule has 2 heterocycles. The highest BCUT2D eigenvalue weighted by Gasteiger charge is 2.35. The van der Waals surface area contributed by atoms with Gasteiger partial charge in [-0.25, -0.2) is 0 Å². The Kier molecular flexibility index (Phi) is 4.12. The first-order valence-electron chi connectivity index (χ1n) is 7.34. The van der Waals surface area contributed by atoms with E-state index in [1.807, 2.05) is 0 Å². The Morgan fingerprint density at radius 1 is 1.24 bits per heavy atom. The van der Waals surface area contributed by atoms with Crippen molar-refractivity contribution < 1.29 is 19.0 Å². The van der Waals surface area contributed by atoms with Gasteiger partial charge in [0.1, 0.15) is 17.6 Å². The van der Waals surface area contributed by atoms with Crippen LogP contribution in [0.3, 0.4) is 0 Å². The predicted octanol–water partition coefficient (Wildman–Crippen LogP) is 1.75. The van der Waals surface area contributed by atoms with E-state index >= 15 is 0 Å². The maximum absolute atomic E-state index is 12.7. The number of fused-ring (bicyclic) bond motifs is 1. The average molecular weight is 291 g/mol. The van der Waals surface area contributed by atoms with Crippen LogP contribution in [-0.4, -0.2) is 56.7 Å². The van der Waals surface area contributed by atoms with Crippen LogP contribution in [-0.2, 0) is 4.74 Å². The summed E-state index contributed by atoms with van der Waals surface area (Å²) in [6.45, 7) is 2.40. The number of rotatable bonds is 4. The standard InChI is InChI=1S/C16H21NO4/c1-19-13-6-11(7-14(8-13)20-2)16(18)15-9-17-5-3-4-12(17)10-21-15/h6-8,12,15H,3-5,9-10H2,1-2H3. The molecule has 2 unspecified atom stereocenters. The number of carbonyl (C=O) groups excluding carboxylic acids is 1. The lowest BCUT2D eigenvalue weighted by Crippen LogP contribution is -2.49. The van der Waals surface area contributed by atoms with Crippen LogP contribution in [0.1, 0.15) is 23.2 Å². The predicted molar refractivity (Wildman–Crippen MR) is 78.2 cm³/mol. The SMILES string of the molecule is COc1cc(OC)cc(C(=O)C2CN3CCCC3CO2)c1. The highest BCUT2D eigenvalue weighted by atomic mass is 16.5. The number of ketones is 1. The normalized spacial score (nSPS) is 25.4. The van der Waals surface area contributed by atoms with E-state index in [9.17, 15) is 4.79 Å². The summed E-state index contributed by atoms with van der Waals surface area (Å²) in [6, 6.07) is 5.73. The van der Waals surface area contributed by atoms with E-state index in [4.69, 9.17) is 14.2 Å². The van der Waals surface area contributed by atoms with Crippen LogP contribution in [0.2, 0.25) is 0 Å². The summed E-state index contributed by atoms with van der Waals surface area (Å²) in [5, 5.41) is 0. The number of Topliss-reactive ketones (excluding diaryl/α,β-unsaturated/α-hetero) is 1. The minimum atomic E-state index is -0.392.